The number of halogens is 1. The van der Waals surface area contributed by atoms with E-state index in [4.69, 9.17) is 4.74 Å². The van der Waals surface area contributed by atoms with Crippen LogP contribution in [0.1, 0.15) is 28.3 Å². The normalized spacial score (nSPS) is 17.7. The average Bonchev–Trinajstić information content (AvgIpc) is 3.09. The third kappa shape index (κ3) is 5.16. The summed E-state index contributed by atoms with van der Waals surface area (Å²) in [6, 6.07) is 26.0. The van der Waals surface area contributed by atoms with Crippen LogP contribution in [0.3, 0.4) is 0 Å². The van der Waals surface area contributed by atoms with Gasteiger partial charge in [-0.3, -0.25) is 14.8 Å². The zero-order valence-electron chi connectivity index (χ0n) is 20.9. The van der Waals surface area contributed by atoms with E-state index in [1.165, 1.54) is 22.3 Å². The summed E-state index contributed by atoms with van der Waals surface area (Å²) in [5, 5.41) is 11.7. The number of aromatic nitrogens is 1. The molecule has 0 radical (unpaired) electrons. The van der Waals surface area contributed by atoms with Crippen molar-refractivity contribution in [1.82, 2.24) is 14.8 Å². The van der Waals surface area contributed by atoms with Crippen LogP contribution in [-0.4, -0.2) is 65.3 Å². The number of benzene rings is 3. The molecule has 1 N–H and O–H groups in total. The van der Waals surface area contributed by atoms with Gasteiger partial charge in [-0.25, -0.2) is 0 Å². The largest absolute Gasteiger partial charge is 0.490 e. The lowest BCUT2D eigenvalue weighted by Crippen LogP contribution is -2.50. The number of hydrogen-bond donors (Lipinski definition) is 1. The number of nitrogens with zero attached hydrogens (tertiary/aromatic N) is 3. The Hall–Kier alpha value is -2.77. The number of hydrogen-bond acceptors (Lipinski definition) is 5. The molecule has 4 aromatic rings. The van der Waals surface area contributed by atoms with Gasteiger partial charge in [-0.1, -0.05) is 54.6 Å². The molecule has 0 spiro atoms. The van der Waals surface area contributed by atoms with Gasteiger partial charge in [-0.15, -0.1) is 0 Å². The van der Waals surface area contributed by atoms with Crippen LogP contribution in [0.15, 0.2) is 83.5 Å². The van der Waals surface area contributed by atoms with Crippen molar-refractivity contribution in [3.63, 3.8) is 0 Å². The van der Waals surface area contributed by atoms with Gasteiger partial charge in [-0.05, 0) is 69.2 Å². The van der Waals surface area contributed by atoms with E-state index < -0.39 is 6.10 Å². The zero-order chi connectivity index (χ0) is 25.2. The van der Waals surface area contributed by atoms with Gasteiger partial charge in [0.05, 0.1) is 16.9 Å². The molecular weight excluding hydrogens is 526 g/mol. The summed E-state index contributed by atoms with van der Waals surface area (Å²) in [6.45, 7) is 4.68. The molecule has 3 aromatic carbocycles. The standard InChI is InChI=1S/C31H32BrN3O2/c32-27-14-15-33-28-10-5-11-29(30(27)28)37-21-24(36)20-34-16-18-35(19-17-34)31-25-8-3-1-6-22(25)12-13-23-7-2-4-9-26(23)31/h1-11,14-15,24,31,36H,12-13,16-21H2. The molecule has 2 aliphatic rings. The first-order valence-electron chi connectivity index (χ1n) is 13.1. The molecule has 1 atom stereocenters. The summed E-state index contributed by atoms with van der Waals surface area (Å²) >= 11 is 3.60. The number of pyridine rings is 1. The molecule has 6 heteroatoms. The maximum Gasteiger partial charge on any atom is 0.129 e. The molecule has 0 bridgehead atoms. The van der Waals surface area contributed by atoms with Gasteiger partial charge in [0.25, 0.3) is 0 Å². The van der Waals surface area contributed by atoms with Crippen LogP contribution in [0.4, 0.5) is 0 Å². The Balaban J connectivity index is 1.10. The van der Waals surface area contributed by atoms with Gasteiger partial charge in [-0.2, -0.15) is 0 Å². The summed E-state index contributed by atoms with van der Waals surface area (Å²) in [5.41, 5.74) is 6.71. The predicted octanol–water partition coefficient (Wildman–Crippen LogP) is 5.24. The molecule has 2 heterocycles. The number of aliphatic hydroxyl groups is 1. The third-order valence-electron chi connectivity index (χ3n) is 7.71. The molecule has 1 unspecified atom stereocenters. The number of ether oxygens (including phenoxy) is 1. The van der Waals surface area contributed by atoms with Crippen molar-refractivity contribution < 1.29 is 9.84 Å². The highest BCUT2D eigenvalue weighted by molar-refractivity contribution is 9.10. The lowest BCUT2D eigenvalue weighted by molar-refractivity contribution is 0.0403. The van der Waals surface area contributed by atoms with E-state index in [2.05, 4.69) is 79.2 Å². The Labute approximate surface area is 226 Å². The first kappa shape index (κ1) is 24.6. The maximum absolute atomic E-state index is 10.8. The number of aryl methyl sites for hydroxylation is 2. The van der Waals surface area contributed by atoms with E-state index in [0.717, 1.165) is 60.1 Å². The summed E-state index contributed by atoms with van der Waals surface area (Å²) in [5.74, 6) is 0.743. The fourth-order valence-corrected chi connectivity index (χ4v) is 6.40. The number of piperazine rings is 1. The average molecular weight is 559 g/mol. The van der Waals surface area contributed by atoms with E-state index >= 15 is 0 Å². The quantitative estimate of drug-likeness (QED) is 0.351. The van der Waals surface area contributed by atoms with E-state index in [-0.39, 0.29) is 6.61 Å². The van der Waals surface area contributed by atoms with Crippen LogP contribution in [-0.2, 0) is 12.8 Å². The van der Waals surface area contributed by atoms with Crippen LogP contribution < -0.4 is 4.74 Å². The molecule has 6 rings (SSSR count). The van der Waals surface area contributed by atoms with Crippen LogP contribution in [0, 0.1) is 0 Å². The third-order valence-corrected chi connectivity index (χ3v) is 8.37. The minimum Gasteiger partial charge on any atom is -0.490 e. The van der Waals surface area contributed by atoms with Crippen LogP contribution in [0.25, 0.3) is 10.9 Å². The Morgan fingerprint density at radius 3 is 2.24 bits per heavy atom. The molecule has 37 heavy (non-hydrogen) atoms. The molecule has 1 aliphatic heterocycles. The molecule has 0 amide bonds. The molecule has 190 valence electrons. The van der Waals surface area contributed by atoms with Gasteiger partial charge in [0, 0.05) is 43.4 Å². The van der Waals surface area contributed by atoms with Crippen molar-refractivity contribution in [3.05, 3.63) is 106 Å². The van der Waals surface area contributed by atoms with Crippen LogP contribution in [0.5, 0.6) is 5.75 Å². The van der Waals surface area contributed by atoms with Crippen molar-refractivity contribution in [2.24, 2.45) is 0 Å². The van der Waals surface area contributed by atoms with Gasteiger partial charge < -0.3 is 9.84 Å². The van der Waals surface area contributed by atoms with Gasteiger partial charge >= 0.3 is 0 Å². The van der Waals surface area contributed by atoms with E-state index in [1.54, 1.807) is 6.20 Å². The highest BCUT2D eigenvalue weighted by atomic mass is 79.9. The van der Waals surface area contributed by atoms with E-state index in [9.17, 15) is 5.11 Å². The molecule has 1 aromatic heterocycles. The second kappa shape index (κ2) is 10.9. The highest BCUT2D eigenvalue weighted by Gasteiger charge is 2.31. The number of rotatable bonds is 6. The maximum atomic E-state index is 10.8. The SMILES string of the molecule is OC(COc1cccc2nccc(Br)c12)CN1CCN(C2c3ccccc3CCc3ccccc32)CC1. The molecule has 5 nitrogen and oxygen atoms in total. The summed E-state index contributed by atoms with van der Waals surface area (Å²) in [4.78, 5) is 9.41. The van der Waals surface area contributed by atoms with Gasteiger partial charge in [0.2, 0.25) is 0 Å². The summed E-state index contributed by atoms with van der Waals surface area (Å²) < 4.78 is 7.00. The van der Waals surface area contributed by atoms with E-state index in [1.807, 2.05) is 24.3 Å². The number of fused-ring (bicyclic) bond motifs is 3. The van der Waals surface area contributed by atoms with Crippen molar-refractivity contribution in [2.75, 3.05) is 39.3 Å². The number of aliphatic hydroxyl groups excluding tert-OH is 1. The minimum atomic E-state index is -0.559. The summed E-state index contributed by atoms with van der Waals surface area (Å²) in [6.07, 6.45) is 3.41. The molecule has 0 saturated carbocycles. The molecule has 1 saturated heterocycles. The second-order valence-corrected chi connectivity index (χ2v) is 10.9. The van der Waals surface area contributed by atoms with Crippen molar-refractivity contribution in [3.8, 4) is 5.75 Å². The zero-order valence-corrected chi connectivity index (χ0v) is 22.5. The lowest BCUT2D eigenvalue weighted by atomic mass is 9.92. The Morgan fingerprint density at radius 1 is 0.865 bits per heavy atom. The Kier molecular flexibility index (Phi) is 7.25. The monoisotopic (exact) mass is 557 g/mol. The summed E-state index contributed by atoms with van der Waals surface area (Å²) in [7, 11) is 0. The smallest absolute Gasteiger partial charge is 0.129 e. The first-order valence-corrected chi connectivity index (χ1v) is 13.9. The molecule has 1 aliphatic carbocycles. The first-order chi connectivity index (χ1) is 18.2. The second-order valence-electron chi connectivity index (χ2n) is 10.0. The van der Waals surface area contributed by atoms with Gasteiger partial charge in [0.1, 0.15) is 18.5 Å². The van der Waals surface area contributed by atoms with Crippen LogP contribution >= 0.6 is 15.9 Å². The molecular formula is C31H32BrN3O2. The lowest BCUT2D eigenvalue weighted by Gasteiger charge is -2.40. The van der Waals surface area contributed by atoms with Gasteiger partial charge in [0.15, 0.2) is 0 Å². The van der Waals surface area contributed by atoms with Crippen molar-refractivity contribution in [1.29, 1.82) is 0 Å². The highest BCUT2D eigenvalue weighted by Crippen LogP contribution is 2.37. The topological polar surface area (TPSA) is 48.8 Å². The fourth-order valence-electron chi connectivity index (χ4n) is 5.88. The minimum absolute atomic E-state index is 0.254. The van der Waals surface area contributed by atoms with Crippen LogP contribution in [0.2, 0.25) is 0 Å². The molecule has 1 fully saturated rings. The Bertz CT molecular complexity index is 1330. The van der Waals surface area contributed by atoms with E-state index in [0.29, 0.717) is 12.6 Å². The number of β-amino-alcohol motifs (C(OH)–C–C–N with tert-alkyl or cyclic N) is 1. The fraction of sp³-hybridized carbons (Fsp3) is 0.323. The van der Waals surface area contributed by atoms with Crippen molar-refractivity contribution in [2.45, 2.75) is 25.0 Å². The predicted molar refractivity (Wildman–Crippen MR) is 151 cm³/mol. The Morgan fingerprint density at radius 2 is 1.54 bits per heavy atom. The van der Waals surface area contributed by atoms with Crippen molar-refractivity contribution >= 4 is 26.8 Å².